The highest BCUT2D eigenvalue weighted by atomic mass is 79.9. The van der Waals surface area contributed by atoms with Crippen LogP contribution in [0, 0.1) is 0 Å². The lowest BCUT2D eigenvalue weighted by Gasteiger charge is -2.18. The lowest BCUT2D eigenvalue weighted by Crippen LogP contribution is -2.11. The maximum Gasteiger partial charge on any atom is 0.201 e. The van der Waals surface area contributed by atoms with E-state index in [1.165, 1.54) is 16.9 Å². The number of nitrogens with two attached hydrogens (primary N) is 1. The molecule has 2 aromatic heterocycles. The highest BCUT2D eigenvalue weighted by molar-refractivity contribution is 9.11. The van der Waals surface area contributed by atoms with Crippen LogP contribution in [0.2, 0.25) is 0 Å². The number of thiophene rings is 1. The summed E-state index contributed by atoms with van der Waals surface area (Å²) in [4.78, 5) is 14.8. The number of aromatic nitrogens is 1. The van der Waals surface area contributed by atoms with Gasteiger partial charge < -0.3 is 20.8 Å². The Labute approximate surface area is 178 Å². The number of halogens is 2. The Morgan fingerprint density at radius 1 is 1.30 bits per heavy atom. The second-order valence-corrected chi connectivity index (χ2v) is 8.79. The first-order chi connectivity index (χ1) is 13.1. The number of pyridine rings is 1. The first-order valence-electron chi connectivity index (χ1n) is 8.73. The molecule has 0 saturated carbocycles. The van der Waals surface area contributed by atoms with Gasteiger partial charge in [-0.3, -0.25) is 4.79 Å². The molecule has 0 spiro atoms. The number of aromatic amines is 1. The molecule has 3 heterocycles. The molecule has 4 N–H and O–H groups in total. The molecule has 0 saturated heterocycles. The molecule has 0 atom stereocenters. The van der Waals surface area contributed by atoms with Crippen LogP contribution in [-0.4, -0.2) is 24.7 Å². The maximum atomic E-state index is 11.6. The topological polar surface area (TPSA) is 80.1 Å². The van der Waals surface area contributed by atoms with Crippen LogP contribution in [0.3, 0.4) is 0 Å². The highest BCUT2D eigenvalue weighted by Crippen LogP contribution is 2.35. The molecule has 144 valence electrons. The van der Waals surface area contributed by atoms with Gasteiger partial charge in [-0.2, -0.15) is 0 Å². The fourth-order valence-corrected chi connectivity index (χ4v) is 4.98. The smallest absolute Gasteiger partial charge is 0.201 e. The molecule has 1 aliphatic heterocycles. The molecule has 1 aromatic carbocycles. The number of ether oxygens (including phenoxy) is 1. The van der Waals surface area contributed by atoms with Gasteiger partial charge in [0, 0.05) is 17.1 Å². The van der Waals surface area contributed by atoms with E-state index in [1.807, 2.05) is 17.5 Å². The third kappa shape index (κ3) is 5.34. The Bertz CT molecular complexity index is 971. The fraction of sp³-hybridized carbons (Fsp3) is 0.316. The van der Waals surface area contributed by atoms with Crippen LogP contribution >= 0.6 is 43.2 Å². The van der Waals surface area contributed by atoms with Gasteiger partial charge in [-0.25, -0.2) is 0 Å². The minimum absolute atomic E-state index is 0.0639. The van der Waals surface area contributed by atoms with Gasteiger partial charge >= 0.3 is 0 Å². The predicted molar refractivity (Wildman–Crippen MR) is 120 cm³/mol. The number of H-pyrrole nitrogens is 1. The molecule has 1 aliphatic rings. The lowest BCUT2D eigenvalue weighted by molar-refractivity contribution is 0.286. The Hall–Kier alpha value is -1.35. The van der Waals surface area contributed by atoms with E-state index in [0.29, 0.717) is 6.54 Å². The number of hydrogen-bond donors (Lipinski definition) is 3. The van der Waals surface area contributed by atoms with E-state index in [4.69, 9.17) is 10.5 Å². The normalized spacial score (nSPS) is 12.7. The number of benzene rings is 1. The van der Waals surface area contributed by atoms with Crippen molar-refractivity contribution in [3.05, 3.63) is 54.4 Å². The summed E-state index contributed by atoms with van der Waals surface area (Å²) in [5, 5.41) is 5.05. The van der Waals surface area contributed by atoms with Crippen LogP contribution in [0.1, 0.15) is 18.4 Å². The highest BCUT2D eigenvalue weighted by Gasteiger charge is 2.13. The Kier molecular flexibility index (Phi) is 7.34. The minimum Gasteiger partial charge on any atom is -0.492 e. The molecule has 3 aromatic rings. The molecule has 5 nitrogen and oxygen atoms in total. The summed E-state index contributed by atoms with van der Waals surface area (Å²) in [5.74, 6) is 1.78. The van der Waals surface area contributed by atoms with Gasteiger partial charge in [-0.05, 0) is 70.9 Å². The summed E-state index contributed by atoms with van der Waals surface area (Å²) in [6, 6.07) is 7.65. The number of nitrogens with one attached hydrogen (secondary N) is 2. The van der Waals surface area contributed by atoms with Gasteiger partial charge in [0.05, 0.1) is 21.3 Å². The third-order valence-electron chi connectivity index (χ3n) is 4.05. The SMILES string of the molecule is Brc1cc(Br)c2c(c1)CCCO2.NCCCNc1cc(=O)c2sccc2[nH]1. The molecule has 0 amide bonds. The summed E-state index contributed by atoms with van der Waals surface area (Å²) >= 11 is 8.39. The van der Waals surface area contributed by atoms with Crippen molar-refractivity contribution in [1.29, 1.82) is 0 Å². The monoisotopic (exact) mass is 513 g/mol. The zero-order valence-electron chi connectivity index (χ0n) is 14.7. The molecule has 0 radical (unpaired) electrons. The molecular weight excluding hydrogens is 494 g/mol. The summed E-state index contributed by atoms with van der Waals surface area (Å²) in [6.07, 6.45) is 3.13. The van der Waals surface area contributed by atoms with Crippen molar-refractivity contribution in [2.45, 2.75) is 19.3 Å². The van der Waals surface area contributed by atoms with E-state index in [2.05, 4.69) is 48.2 Å². The molecule has 4 rings (SSSR count). The van der Waals surface area contributed by atoms with Crippen molar-refractivity contribution in [2.24, 2.45) is 5.73 Å². The minimum atomic E-state index is 0.0639. The maximum absolute atomic E-state index is 11.6. The van der Waals surface area contributed by atoms with E-state index in [1.54, 1.807) is 6.07 Å². The van der Waals surface area contributed by atoms with Crippen molar-refractivity contribution < 1.29 is 4.74 Å². The van der Waals surface area contributed by atoms with E-state index in [9.17, 15) is 4.79 Å². The van der Waals surface area contributed by atoms with Gasteiger partial charge in [-0.1, -0.05) is 15.9 Å². The zero-order valence-corrected chi connectivity index (χ0v) is 18.7. The van der Waals surface area contributed by atoms with Crippen molar-refractivity contribution in [3.8, 4) is 5.75 Å². The van der Waals surface area contributed by atoms with Gasteiger partial charge in [0.15, 0.2) is 0 Å². The molecule has 0 aliphatic carbocycles. The quantitative estimate of drug-likeness (QED) is 0.433. The van der Waals surface area contributed by atoms with Crippen LogP contribution < -0.4 is 21.2 Å². The molecule has 0 bridgehead atoms. The standard InChI is InChI=1S/C10H13N3OS.C9H8Br2O/c11-3-1-4-12-9-6-8(14)10-7(13-9)2-5-15-10;10-7-4-6-2-1-3-12-9(6)8(11)5-7/h2,5-6H,1,3-4,11H2,(H2,12,13,14);4-5H,1-3H2. The first-order valence-corrected chi connectivity index (χ1v) is 11.2. The average molecular weight is 515 g/mol. The van der Waals surface area contributed by atoms with Crippen molar-refractivity contribution in [2.75, 3.05) is 25.0 Å². The Morgan fingerprint density at radius 3 is 2.96 bits per heavy atom. The predicted octanol–water partition coefficient (Wildman–Crippen LogP) is 4.89. The van der Waals surface area contributed by atoms with Gasteiger partial charge in [0.2, 0.25) is 5.43 Å². The van der Waals surface area contributed by atoms with Crippen molar-refractivity contribution in [1.82, 2.24) is 4.98 Å². The van der Waals surface area contributed by atoms with E-state index >= 15 is 0 Å². The van der Waals surface area contributed by atoms with Gasteiger partial charge in [0.25, 0.3) is 0 Å². The van der Waals surface area contributed by atoms with E-state index < -0.39 is 0 Å². The summed E-state index contributed by atoms with van der Waals surface area (Å²) < 4.78 is 8.48. The number of aryl methyl sites for hydroxylation is 1. The molecule has 8 heteroatoms. The Balaban J connectivity index is 0.000000159. The van der Waals surface area contributed by atoms with Crippen LogP contribution in [0.4, 0.5) is 5.82 Å². The fourth-order valence-electron chi connectivity index (χ4n) is 2.79. The Morgan fingerprint density at radius 2 is 2.15 bits per heavy atom. The summed E-state index contributed by atoms with van der Waals surface area (Å²) in [7, 11) is 0. The van der Waals surface area contributed by atoms with Crippen LogP contribution in [0.25, 0.3) is 10.2 Å². The molecule has 0 fully saturated rings. The second-order valence-electron chi connectivity index (χ2n) is 6.11. The molecule has 27 heavy (non-hydrogen) atoms. The number of rotatable bonds is 4. The third-order valence-corrected chi connectivity index (χ3v) is 6.03. The average Bonchev–Trinajstić information content (AvgIpc) is 3.12. The van der Waals surface area contributed by atoms with Crippen LogP contribution in [-0.2, 0) is 6.42 Å². The number of fused-ring (bicyclic) bond motifs is 2. The largest absolute Gasteiger partial charge is 0.492 e. The van der Waals surface area contributed by atoms with Crippen LogP contribution in [0.5, 0.6) is 5.75 Å². The molecular formula is C19H21Br2N3O2S. The van der Waals surface area contributed by atoms with Crippen molar-refractivity contribution >= 4 is 59.2 Å². The van der Waals surface area contributed by atoms with Gasteiger partial charge in [-0.15, -0.1) is 11.3 Å². The van der Waals surface area contributed by atoms with Crippen LogP contribution in [0.15, 0.2) is 43.4 Å². The summed E-state index contributed by atoms with van der Waals surface area (Å²) in [5.41, 5.74) is 7.64. The lowest BCUT2D eigenvalue weighted by atomic mass is 10.1. The molecule has 0 unspecified atom stereocenters. The van der Waals surface area contributed by atoms with E-state index in [0.717, 1.165) is 63.1 Å². The number of anilines is 1. The van der Waals surface area contributed by atoms with Crippen molar-refractivity contribution in [3.63, 3.8) is 0 Å². The zero-order chi connectivity index (χ0) is 19.2. The second kappa shape index (κ2) is 9.73. The van der Waals surface area contributed by atoms with E-state index in [-0.39, 0.29) is 5.43 Å². The summed E-state index contributed by atoms with van der Waals surface area (Å²) in [6.45, 7) is 2.27. The number of hydrogen-bond acceptors (Lipinski definition) is 5. The first kappa shape index (κ1) is 20.4. The van der Waals surface area contributed by atoms with Gasteiger partial charge in [0.1, 0.15) is 11.6 Å².